The molecule has 0 spiro atoms. The standard InChI is InChI=1S/C47H87NO3/c1-3-5-7-9-10-11-12-13-14-15-16-17-18-19-20-21-22-23-24-25-26-27-28-29-30-31-32-33-34-35-36-37-38-39-41-43-47(51)48-45(44-49)46(50)42-40-8-6-4-2/h12-13,15-16,18-19,40,42,45-46,49-50H,3-11,14,17,20-39,41,43-44H2,1-2H3,(H,48,51)/b13-12-,16-15-,19-18-,42-40+. The summed E-state index contributed by atoms with van der Waals surface area (Å²) in [6, 6.07) is -0.616. The molecule has 4 heteroatoms. The molecule has 0 fully saturated rings. The van der Waals surface area contributed by atoms with Gasteiger partial charge in [0.2, 0.25) is 5.91 Å². The van der Waals surface area contributed by atoms with Gasteiger partial charge in [-0.25, -0.2) is 0 Å². The lowest BCUT2D eigenvalue weighted by atomic mass is 10.0. The van der Waals surface area contributed by atoms with Gasteiger partial charge in [-0.2, -0.15) is 0 Å². The summed E-state index contributed by atoms with van der Waals surface area (Å²) in [5, 5.41) is 22.5. The van der Waals surface area contributed by atoms with E-state index in [4.69, 9.17) is 0 Å². The van der Waals surface area contributed by atoms with E-state index in [1.54, 1.807) is 6.08 Å². The van der Waals surface area contributed by atoms with Crippen molar-refractivity contribution in [3.05, 3.63) is 48.6 Å². The molecule has 3 N–H and O–H groups in total. The molecule has 51 heavy (non-hydrogen) atoms. The van der Waals surface area contributed by atoms with E-state index in [0.29, 0.717) is 6.42 Å². The Kier molecular flexibility index (Phi) is 41.4. The summed E-state index contributed by atoms with van der Waals surface area (Å²) in [7, 11) is 0. The van der Waals surface area contributed by atoms with Gasteiger partial charge in [0.1, 0.15) is 0 Å². The highest BCUT2D eigenvalue weighted by Gasteiger charge is 2.17. The van der Waals surface area contributed by atoms with Crippen molar-refractivity contribution < 1.29 is 15.0 Å². The third kappa shape index (κ3) is 39.4. The van der Waals surface area contributed by atoms with E-state index in [1.807, 2.05) is 6.08 Å². The highest BCUT2D eigenvalue weighted by molar-refractivity contribution is 5.76. The van der Waals surface area contributed by atoms with Crippen molar-refractivity contribution in [3.63, 3.8) is 0 Å². The third-order valence-electron chi connectivity index (χ3n) is 10.1. The zero-order valence-electron chi connectivity index (χ0n) is 34.1. The van der Waals surface area contributed by atoms with Crippen LogP contribution < -0.4 is 5.32 Å². The minimum Gasteiger partial charge on any atom is -0.394 e. The monoisotopic (exact) mass is 714 g/mol. The predicted molar refractivity (Wildman–Crippen MR) is 225 cm³/mol. The van der Waals surface area contributed by atoms with E-state index in [2.05, 4.69) is 55.6 Å². The summed E-state index contributed by atoms with van der Waals surface area (Å²) in [6.45, 7) is 4.16. The Morgan fingerprint density at radius 3 is 1.24 bits per heavy atom. The average molecular weight is 714 g/mol. The molecule has 2 unspecified atom stereocenters. The van der Waals surface area contributed by atoms with Gasteiger partial charge in [0, 0.05) is 6.42 Å². The fourth-order valence-corrected chi connectivity index (χ4v) is 6.58. The lowest BCUT2D eigenvalue weighted by molar-refractivity contribution is -0.123. The fraction of sp³-hybridized carbons (Fsp3) is 0.809. The third-order valence-corrected chi connectivity index (χ3v) is 10.1. The molecule has 0 radical (unpaired) electrons. The Balaban J connectivity index is 3.35. The van der Waals surface area contributed by atoms with Gasteiger partial charge in [0.15, 0.2) is 0 Å². The first-order valence-electron chi connectivity index (χ1n) is 22.4. The number of amides is 1. The van der Waals surface area contributed by atoms with Crippen LogP contribution in [0.1, 0.15) is 226 Å². The number of unbranched alkanes of at least 4 members (excludes halogenated alkanes) is 27. The first-order valence-corrected chi connectivity index (χ1v) is 22.4. The Morgan fingerprint density at radius 1 is 0.471 bits per heavy atom. The molecule has 2 atom stereocenters. The molecule has 0 saturated carbocycles. The maximum Gasteiger partial charge on any atom is 0.220 e. The molecule has 0 heterocycles. The number of aliphatic hydroxyl groups is 2. The average Bonchev–Trinajstić information content (AvgIpc) is 3.13. The van der Waals surface area contributed by atoms with E-state index in [0.717, 1.165) is 44.9 Å². The fourth-order valence-electron chi connectivity index (χ4n) is 6.58. The van der Waals surface area contributed by atoms with Crippen LogP contribution in [0.25, 0.3) is 0 Å². The number of carbonyl (C=O) groups is 1. The minimum absolute atomic E-state index is 0.0725. The van der Waals surface area contributed by atoms with Crippen molar-refractivity contribution in [2.75, 3.05) is 6.61 Å². The summed E-state index contributed by atoms with van der Waals surface area (Å²) in [5.41, 5.74) is 0. The van der Waals surface area contributed by atoms with E-state index in [-0.39, 0.29) is 12.5 Å². The number of hydrogen-bond donors (Lipinski definition) is 3. The van der Waals surface area contributed by atoms with Crippen molar-refractivity contribution in [1.82, 2.24) is 5.32 Å². The quantitative estimate of drug-likeness (QED) is 0.0437. The molecular weight excluding hydrogens is 627 g/mol. The number of hydrogen-bond acceptors (Lipinski definition) is 3. The first-order chi connectivity index (χ1) is 25.2. The molecule has 1 amide bonds. The summed E-state index contributed by atoms with van der Waals surface area (Å²) in [4.78, 5) is 12.2. The van der Waals surface area contributed by atoms with Crippen LogP contribution in [0.3, 0.4) is 0 Å². The second-order valence-corrected chi connectivity index (χ2v) is 15.1. The van der Waals surface area contributed by atoms with Crippen LogP contribution in [0, 0.1) is 0 Å². The topological polar surface area (TPSA) is 69.6 Å². The predicted octanol–water partition coefficient (Wildman–Crippen LogP) is 14.0. The Morgan fingerprint density at radius 2 is 0.824 bits per heavy atom. The van der Waals surface area contributed by atoms with Crippen LogP contribution in [-0.2, 0) is 4.79 Å². The number of carbonyl (C=O) groups excluding carboxylic acids is 1. The smallest absolute Gasteiger partial charge is 0.220 e. The Bertz CT molecular complexity index is 816. The number of aliphatic hydroxyl groups excluding tert-OH is 2. The molecule has 0 aliphatic rings. The van der Waals surface area contributed by atoms with E-state index >= 15 is 0 Å². The number of nitrogens with one attached hydrogen (secondary N) is 1. The molecule has 0 aromatic heterocycles. The summed E-state index contributed by atoms with van der Waals surface area (Å²) < 4.78 is 0. The minimum atomic E-state index is -0.833. The Hall–Kier alpha value is -1.65. The zero-order valence-corrected chi connectivity index (χ0v) is 34.1. The molecule has 0 bridgehead atoms. The zero-order chi connectivity index (χ0) is 37.1. The van der Waals surface area contributed by atoms with Crippen LogP contribution in [0.4, 0.5) is 0 Å². The van der Waals surface area contributed by atoms with Gasteiger partial charge in [-0.05, 0) is 51.4 Å². The van der Waals surface area contributed by atoms with E-state index < -0.39 is 12.1 Å². The van der Waals surface area contributed by atoms with Crippen molar-refractivity contribution in [1.29, 1.82) is 0 Å². The van der Waals surface area contributed by atoms with Gasteiger partial charge in [-0.1, -0.05) is 217 Å². The van der Waals surface area contributed by atoms with Crippen LogP contribution in [0.15, 0.2) is 48.6 Å². The molecule has 0 rings (SSSR count). The van der Waals surface area contributed by atoms with Crippen LogP contribution in [0.2, 0.25) is 0 Å². The molecule has 298 valence electrons. The van der Waals surface area contributed by atoms with Gasteiger partial charge >= 0.3 is 0 Å². The molecule has 4 nitrogen and oxygen atoms in total. The van der Waals surface area contributed by atoms with Crippen LogP contribution in [-0.4, -0.2) is 34.9 Å². The number of rotatable bonds is 40. The van der Waals surface area contributed by atoms with Crippen LogP contribution >= 0.6 is 0 Å². The molecule has 0 saturated heterocycles. The second kappa shape index (κ2) is 42.8. The summed E-state index contributed by atoms with van der Waals surface area (Å²) in [6.07, 6.45) is 58.6. The molecule has 0 aliphatic heterocycles. The van der Waals surface area contributed by atoms with Gasteiger partial charge in [0.25, 0.3) is 0 Å². The second-order valence-electron chi connectivity index (χ2n) is 15.1. The van der Waals surface area contributed by atoms with E-state index in [9.17, 15) is 15.0 Å². The van der Waals surface area contributed by atoms with E-state index in [1.165, 1.54) is 161 Å². The largest absolute Gasteiger partial charge is 0.394 e. The highest BCUT2D eigenvalue weighted by atomic mass is 16.3. The van der Waals surface area contributed by atoms with Gasteiger partial charge < -0.3 is 15.5 Å². The van der Waals surface area contributed by atoms with Crippen molar-refractivity contribution in [3.8, 4) is 0 Å². The summed E-state index contributed by atoms with van der Waals surface area (Å²) >= 11 is 0. The Labute approximate surface area is 318 Å². The first kappa shape index (κ1) is 49.4. The molecule has 0 aromatic carbocycles. The van der Waals surface area contributed by atoms with Gasteiger partial charge in [-0.15, -0.1) is 0 Å². The SMILES string of the molecule is CCCC/C=C/C(O)C(CO)NC(=O)CCCCCCCCCCCCCCCCCCCCCC/C=C\C/C=C\C/C=C\CCCCCCC. The number of allylic oxidation sites excluding steroid dienone is 7. The normalized spacial score (nSPS) is 13.4. The van der Waals surface area contributed by atoms with Crippen molar-refractivity contribution >= 4 is 5.91 Å². The molecular formula is C47H87NO3. The van der Waals surface area contributed by atoms with Crippen molar-refractivity contribution in [2.45, 2.75) is 238 Å². The van der Waals surface area contributed by atoms with Crippen molar-refractivity contribution in [2.24, 2.45) is 0 Å². The lowest BCUT2D eigenvalue weighted by Crippen LogP contribution is -2.45. The maximum absolute atomic E-state index is 12.2. The maximum atomic E-state index is 12.2. The van der Waals surface area contributed by atoms with Gasteiger partial charge in [0.05, 0.1) is 18.8 Å². The molecule has 0 aromatic rings. The highest BCUT2D eigenvalue weighted by Crippen LogP contribution is 2.16. The molecule has 0 aliphatic carbocycles. The van der Waals surface area contributed by atoms with Crippen LogP contribution in [0.5, 0.6) is 0 Å². The van der Waals surface area contributed by atoms with Gasteiger partial charge in [-0.3, -0.25) is 4.79 Å². The lowest BCUT2D eigenvalue weighted by Gasteiger charge is -2.19. The summed E-state index contributed by atoms with van der Waals surface area (Å²) in [5.74, 6) is -0.0725.